The van der Waals surface area contributed by atoms with E-state index in [-0.39, 0.29) is 24.5 Å². The van der Waals surface area contributed by atoms with Crippen LogP contribution in [0.25, 0.3) is 0 Å². The number of rotatable bonds is 32. The first-order valence-electron chi connectivity index (χ1n) is 23.4. The lowest BCUT2D eigenvalue weighted by atomic mass is 10.0. The second-order valence-corrected chi connectivity index (χ2v) is 17.9. The molecule has 0 saturated carbocycles. The average molecular weight is 1060 g/mol. The van der Waals surface area contributed by atoms with Gasteiger partial charge in [0.25, 0.3) is 0 Å². The molecule has 28 heteroatoms. The minimum atomic E-state index is -2.01. The molecule has 0 unspecified atom stereocenters. The molecule has 0 aliphatic carbocycles. The Bertz CT molecular complexity index is 2350. The minimum Gasteiger partial charge on any atom is -0.508 e. The van der Waals surface area contributed by atoms with Gasteiger partial charge in [-0.25, -0.2) is 4.79 Å². The van der Waals surface area contributed by atoms with Crippen LogP contribution in [0.5, 0.6) is 5.75 Å². The lowest BCUT2D eigenvalue weighted by molar-refractivity contribution is -0.143. The number of hydrogen-bond acceptors (Lipinski definition) is 16. The summed E-state index contributed by atoms with van der Waals surface area (Å²) in [5.74, 6) is -14.6. The van der Waals surface area contributed by atoms with Crippen LogP contribution in [-0.2, 0) is 70.4 Å². The number of aliphatic carboxylic acids is 2. The van der Waals surface area contributed by atoms with Crippen molar-refractivity contribution < 1.29 is 83.1 Å². The van der Waals surface area contributed by atoms with E-state index in [1.165, 1.54) is 24.3 Å². The maximum Gasteiger partial charge on any atom is 0.326 e. The zero-order chi connectivity index (χ0) is 56.7. The molecule has 28 nitrogen and oxygen atoms in total. The Morgan fingerprint density at radius 2 is 0.973 bits per heavy atom. The monoisotopic (exact) mass is 1060 g/mol. The number of nitrogens with two attached hydrogens (primary N) is 3. The number of primary amides is 2. The van der Waals surface area contributed by atoms with Crippen LogP contribution in [0.3, 0.4) is 0 Å². The Morgan fingerprint density at radius 3 is 1.44 bits per heavy atom. The fraction of sp³-hybridized carbons (Fsp3) is 0.489. The first-order chi connectivity index (χ1) is 35.1. The second kappa shape index (κ2) is 30.7. The van der Waals surface area contributed by atoms with Crippen molar-refractivity contribution in [3.8, 4) is 5.75 Å². The van der Waals surface area contributed by atoms with Gasteiger partial charge in [0.15, 0.2) is 0 Å². The van der Waals surface area contributed by atoms with E-state index >= 15 is 0 Å². The Morgan fingerprint density at radius 1 is 0.520 bits per heavy atom. The van der Waals surface area contributed by atoms with Crippen LogP contribution in [0, 0.1) is 5.92 Å². The van der Waals surface area contributed by atoms with Crippen molar-refractivity contribution in [1.82, 2.24) is 42.5 Å². The Hall–Kier alpha value is -8.24. The number of nitrogens with one attached hydrogen (secondary N) is 8. The van der Waals surface area contributed by atoms with Crippen molar-refractivity contribution in [2.75, 3.05) is 6.61 Å². The van der Waals surface area contributed by atoms with E-state index in [1.54, 1.807) is 44.2 Å². The number of aliphatic hydroxyl groups is 2. The Kier molecular flexibility index (Phi) is 25.7. The highest BCUT2D eigenvalue weighted by Crippen LogP contribution is 2.13. The SMILES string of the molecule is CC(C)C[C@H](NC(=O)[C@H](Cc1ccccc1)NC(=O)[C@H](CC(=O)O)NC(=O)[C@H](CC(N)=O)NC(=O)[C@H](Cc1ccc(O)cc1)NC(=O)[C@H](C)NC(=O)[C@H](CCC(N)=O)NC(=O)[C@@H](NC(=O)[C@@H](N)CO)[C@@H](C)O)C(=O)O. The number of phenols is 1. The van der Waals surface area contributed by atoms with Gasteiger partial charge in [-0.1, -0.05) is 56.3 Å². The summed E-state index contributed by atoms with van der Waals surface area (Å²) in [5.41, 5.74) is 17.0. The van der Waals surface area contributed by atoms with Gasteiger partial charge < -0.3 is 85.3 Å². The number of benzene rings is 2. The Balaban J connectivity index is 2.44. The van der Waals surface area contributed by atoms with Gasteiger partial charge in [0.05, 0.1) is 25.6 Å². The fourth-order valence-corrected chi connectivity index (χ4v) is 6.95. The van der Waals surface area contributed by atoms with E-state index in [0.717, 1.165) is 13.8 Å². The maximum absolute atomic E-state index is 14.1. The van der Waals surface area contributed by atoms with Crippen LogP contribution >= 0.6 is 0 Å². The summed E-state index contributed by atoms with van der Waals surface area (Å²) in [7, 11) is 0. The summed E-state index contributed by atoms with van der Waals surface area (Å²) >= 11 is 0. The highest BCUT2D eigenvalue weighted by atomic mass is 16.4. The van der Waals surface area contributed by atoms with Crippen LogP contribution in [0.15, 0.2) is 54.6 Å². The third-order valence-electron chi connectivity index (χ3n) is 11.0. The van der Waals surface area contributed by atoms with Gasteiger partial charge in [-0.15, -0.1) is 0 Å². The predicted octanol–water partition coefficient (Wildman–Crippen LogP) is -5.48. The van der Waals surface area contributed by atoms with Gasteiger partial charge in [0, 0.05) is 19.3 Å². The van der Waals surface area contributed by atoms with Gasteiger partial charge in [0.1, 0.15) is 60.1 Å². The molecule has 10 atom stereocenters. The molecule has 19 N–H and O–H groups in total. The van der Waals surface area contributed by atoms with Crippen LogP contribution in [0.4, 0.5) is 0 Å². The van der Waals surface area contributed by atoms with Gasteiger partial charge >= 0.3 is 11.9 Å². The number of carbonyl (C=O) groups excluding carboxylic acids is 10. The predicted molar refractivity (Wildman–Crippen MR) is 261 cm³/mol. The second-order valence-electron chi connectivity index (χ2n) is 17.9. The van der Waals surface area contributed by atoms with E-state index in [9.17, 15) is 83.1 Å². The number of aromatic hydroxyl groups is 1. The molecular weight excluding hydrogens is 991 g/mol. The third kappa shape index (κ3) is 22.6. The molecule has 2 aromatic carbocycles. The van der Waals surface area contributed by atoms with E-state index in [4.69, 9.17) is 17.2 Å². The molecule has 0 spiro atoms. The van der Waals surface area contributed by atoms with Crippen molar-refractivity contribution in [3.05, 3.63) is 65.7 Å². The number of carboxylic acid groups (broad SMARTS) is 2. The van der Waals surface area contributed by atoms with Gasteiger partial charge in [-0.3, -0.25) is 52.7 Å². The summed E-state index contributed by atoms with van der Waals surface area (Å²) in [6.45, 7) is 4.88. The van der Waals surface area contributed by atoms with Crippen molar-refractivity contribution >= 4 is 71.0 Å². The standard InChI is InChI=1S/C47H67N11O17/c1-22(2)16-34(47(74)75)57-43(70)31(17-25-8-6-5-7-9-25)54-45(72)33(20-37(64)65)56-44(71)32(19-36(50)63)55-42(69)30(18-26-10-12-27(61)13-11-26)53-39(66)23(3)51-41(68)29(14-15-35(49)62)52-46(73)38(24(4)60)58-40(67)28(48)21-59/h5-13,22-24,28-34,38,59-61H,14-21,48H2,1-4H3,(H2,49,62)(H2,50,63)(H,51,68)(H,52,73)(H,53,66)(H,54,72)(H,55,69)(H,56,71)(H,57,70)(H,58,67)(H,64,65)(H,74,75)/t23-,24+,28-,29-,30-,31-,32-,33-,34-,38-/m0/s1. The molecule has 0 heterocycles. The lowest BCUT2D eigenvalue weighted by Crippen LogP contribution is -2.61. The molecule has 0 aliphatic rings. The molecule has 2 aromatic rings. The topological polar surface area (TPSA) is 480 Å². The van der Waals surface area contributed by atoms with Crippen molar-refractivity contribution in [2.45, 2.75) is 133 Å². The quantitative estimate of drug-likeness (QED) is 0.0325. The number of carbonyl (C=O) groups is 12. The minimum absolute atomic E-state index is 0.00906. The maximum atomic E-state index is 14.1. The summed E-state index contributed by atoms with van der Waals surface area (Å²) in [4.78, 5) is 156. The van der Waals surface area contributed by atoms with Crippen LogP contribution in [-0.4, -0.2) is 164 Å². The van der Waals surface area contributed by atoms with Crippen LogP contribution < -0.4 is 59.7 Å². The summed E-state index contributed by atoms with van der Waals surface area (Å²) in [6.07, 6.45) is -5.24. The highest BCUT2D eigenvalue weighted by molar-refractivity contribution is 6.00. The lowest BCUT2D eigenvalue weighted by Gasteiger charge is -2.27. The van der Waals surface area contributed by atoms with E-state index in [2.05, 4.69) is 42.5 Å². The molecule has 0 aromatic heterocycles. The molecule has 0 radical (unpaired) electrons. The zero-order valence-corrected chi connectivity index (χ0v) is 41.6. The summed E-state index contributed by atoms with van der Waals surface area (Å²) < 4.78 is 0. The van der Waals surface area contributed by atoms with E-state index in [1.807, 2.05) is 0 Å². The molecule has 0 aliphatic heterocycles. The van der Waals surface area contributed by atoms with Gasteiger partial charge in [0.2, 0.25) is 59.1 Å². The van der Waals surface area contributed by atoms with Gasteiger partial charge in [-0.2, -0.15) is 0 Å². The molecule has 0 bridgehead atoms. The molecular formula is C47H67N11O17. The number of aliphatic hydroxyl groups excluding tert-OH is 2. The number of phenolic OH excluding ortho intramolecular Hbond substituents is 1. The van der Waals surface area contributed by atoms with E-state index < -0.39 is 170 Å². The van der Waals surface area contributed by atoms with Gasteiger partial charge in [-0.05, 0) is 55.9 Å². The summed E-state index contributed by atoms with van der Waals surface area (Å²) in [6, 6.07) is -1.70. The molecule has 412 valence electrons. The largest absolute Gasteiger partial charge is 0.508 e. The molecule has 2 rings (SSSR count). The number of hydrogen-bond donors (Lipinski definition) is 16. The molecule has 0 saturated heterocycles. The van der Waals surface area contributed by atoms with Crippen molar-refractivity contribution in [2.24, 2.45) is 23.1 Å². The molecule has 10 amide bonds. The zero-order valence-electron chi connectivity index (χ0n) is 41.6. The number of amides is 10. The van der Waals surface area contributed by atoms with Crippen molar-refractivity contribution in [1.29, 1.82) is 0 Å². The normalized spacial score (nSPS) is 15.0. The van der Waals surface area contributed by atoms with Crippen LogP contribution in [0.2, 0.25) is 0 Å². The Labute approximate surface area is 430 Å². The van der Waals surface area contributed by atoms with Crippen LogP contribution in [0.1, 0.15) is 70.9 Å². The first-order valence-corrected chi connectivity index (χ1v) is 23.4. The third-order valence-corrected chi connectivity index (χ3v) is 11.0. The first kappa shape index (κ1) is 62.9. The van der Waals surface area contributed by atoms with Crippen molar-refractivity contribution in [3.63, 3.8) is 0 Å². The highest BCUT2D eigenvalue weighted by Gasteiger charge is 2.36. The molecule has 0 fully saturated rings. The average Bonchev–Trinajstić information content (AvgIpc) is 3.32. The summed E-state index contributed by atoms with van der Waals surface area (Å²) in [5, 5.41) is 67.0. The smallest absolute Gasteiger partial charge is 0.326 e. The number of carboxylic acids is 2. The fourth-order valence-electron chi connectivity index (χ4n) is 6.95. The van der Waals surface area contributed by atoms with E-state index in [0.29, 0.717) is 11.1 Å². The molecule has 75 heavy (non-hydrogen) atoms.